The van der Waals surface area contributed by atoms with Crippen molar-refractivity contribution in [1.82, 2.24) is 4.90 Å². The highest BCUT2D eigenvalue weighted by atomic mass is 35.5. The van der Waals surface area contributed by atoms with E-state index in [2.05, 4.69) is 0 Å². The van der Waals surface area contributed by atoms with Gasteiger partial charge in [0.25, 0.3) is 5.91 Å². The minimum atomic E-state index is -0.848. The zero-order chi connectivity index (χ0) is 21.8. The number of nitrogens with zero attached hydrogens (tertiary/aromatic N) is 2. The van der Waals surface area contributed by atoms with Crippen LogP contribution in [0, 0.1) is 0 Å². The summed E-state index contributed by atoms with van der Waals surface area (Å²) < 4.78 is 0. The molecule has 3 aromatic rings. The van der Waals surface area contributed by atoms with E-state index < -0.39 is 11.9 Å². The van der Waals surface area contributed by atoms with Crippen molar-refractivity contribution in [2.75, 3.05) is 4.90 Å². The normalized spacial score (nSPS) is 15.9. The first kappa shape index (κ1) is 20.8. The highest BCUT2D eigenvalue weighted by Gasteiger charge is 2.44. The smallest absolute Gasteiger partial charge is 0.257 e. The highest BCUT2D eigenvalue weighted by Crippen LogP contribution is 2.28. The van der Waals surface area contributed by atoms with Gasteiger partial charge in [-0.2, -0.15) is 0 Å². The summed E-state index contributed by atoms with van der Waals surface area (Å²) in [5.41, 5.74) is 2.21. The average Bonchev–Trinajstić information content (AvgIpc) is 3.08. The summed E-state index contributed by atoms with van der Waals surface area (Å²) in [6, 6.07) is 24.5. The molecular weight excluding hydrogens is 412 g/mol. The van der Waals surface area contributed by atoms with Crippen molar-refractivity contribution in [3.05, 3.63) is 101 Å². The molecule has 4 rings (SSSR count). The monoisotopic (exact) mass is 432 g/mol. The summed E-state index contributed by atoms with van der Waals surface area (Å²) in [5, 5.41) is 0.517. The van der Waals surface area contributed by atoms with Crippen LogP contribution in [0.1, 0.15) is 17.5 Å². The molecule has 0 saturated carbocycles. The Morgan fingerprint density at radius 2 is 1.45 bits per heavy atom. The van der Waals surface area contributed by atoms with Crippen molar-refractivity contribution in [2.45, 2.75) is 25.4 Å². The van der Waals surface area contributed by atoms with Crippen molar-refractivity contribution in [1.29, 1.82) is 0 Å². The van der Waals surface area contributed by atoms with E-state index in [1.807, 2.05) is 60.7 Å². The fraction of sp³-hybridized carbons (Fsp3) is 0.160. The van der Waals surface area contributed by atoms with E-state index in [-0.39, 0.29) is 31.2 Å². The molecule has 0 bridgehead atoms. The van der Waals surface area contributed by atoms with Gasteiger partial charge in [0.2, 0.25) is 11.8 Å². The number of halogens is 1. The molecular formula is C25H21ClN2O3. The Labute approximate surface area is 185 Å². The number of carbonyl (C=O) groups excluding carboxylic acids is 3. The van der Waals surface area contributed by atoms with Crippen LogP contribution in [0.25, 0.3) is 0 Å². The van der Waals surface area contributed by atoms with Crippen LogP contribution in [0.4, 0.5) is 5.69 Å². The molecule has 1 fully saturated rings. The molecule has 1 atom stereocenters. The lowest BCUT2D eigenvalue weighted by molar-refractivity contribution is -0.138. The van der Waals surface area contributed by atoms with Crippen LogP contribution in [0.15, 0.2) is 84.9 Å². The molecule has 1 unspecified atom stereocenters. The second kappa shape index (κ2) is 9.14. The summed E-state index contributed by atoms with van der Waals surface area (Å²) in [5.74, 6) is -0.924. The van der Waals surface area contributed by atoms with E-state index in [4.69, 9.17) is 11.6 Å². The maximum Gasteiger partial charge on any atom is 0.257 e. The molecule has 3 amide bonds. The zero-order valence-electron chi connectivity index (χ0n) is 16.8. The molecule has 1 aliphatic heterocycles. The largest absolute Gasteiger partial charge is 0.325 e. The topological polar surface area (TPSA) is 57.7 Å². The molecule has 1 saturated heterocycles. The summed E-state index contributed by atoms with van der Waals surface area (Å²) in [6.45, 7) is 0.255. The lowest BCUT2D eigenvalue weighted by Gasteiger charge is -2.28. The van der Waals surface area contributed by atoms with E-state index in [1.54, 1.807) is 24.3 Å². The quantitative estimate of drug-likeness (QED) is 0.547. The van der Waals surface area contributed by atoms with Gasteiger partial charge in [0.15, 0.2) is 0 Å². The molecule has 0 spiro atoms. The number of hydrogen-bond donors (Lipinski definition) is 0. The molecule has 1 heterocycles. The first-order valence-electron chi connectivity index (χ1n) is 10.0. The van der Waals surface area contributed by atoms with E-state index in [1.165, 1.54) is 4.90 Å². The first-order chi connectivity index (χ1) is 15.0. The number of anilines is 1. The molecule has 31 heavy (non-hydrogen) atoms. The predicted octanol–water partition coefficient (Wildman–Crippen LogP) is 4.24. The lowest BCUT2D eigenvalue weighted by Crippen LogP contribution is -2.45. The minimum Gasteiger partial charge on any atom is -0.325 e. The number of benzene rings is 3. The van der Waals surface area contributed by atoms with Gasteiger partial charge in [0, 0.05) is 11.6 Å². The third-order valence-corrected chi connectivity index (χ3v) is 5.55. The summed E-state index contributed by atoms with van der Waals surface area (Å²) in [4.78, 5) is 42.0. The van der Waals surface area contributed by atoms with Crippen molar-refractivity contribution in [2.24, 2.45) is 0 Å². The fourth-order valence-electron chi connectivity index (χ4n) is 3.75. The highest BCUT2D eigenvalue weighted by molar-refractivity contribution is 6.30. The molecule has 6 heteroatoms. The van der Waals surface area contributed by atoms with Crippen LogP contribution in [-0.2, 0) is 27.3 Å². The van der Waals surface area contributed by atoms with Crippen molar-refractivity contribution in [3.8, 4) is 0 Å². The molecule has 0 aromatic heterocycles. The van der Waals surface area contributed by atoms with E-state index in [0.29, 0.717) is 10.7 Å². The minimum absolute atomic E-state index is 0.0468. The van der Waals surface area contributed by atoms with Gasteiger partial charge in [-0.1, -0.05) is 72.3 Å². The molecule has 5 nitrogen and oxygen atoms in total. The van der Waals surface area contributed by atoms with Crippen molar-refractivity contribution < 1.29 is 14.4 Å². The van der Waals surface area contributed by atoms with Gasteiger partial charge in [-0.05, 0) is 35.4 Å². The second-order valence-corrected chi connectivity index (χ2v) is 7.87. The molecule has 0 radical (unpaired) electrons. The van der Waals surface area contributed by atoms with Gasteiger partial charge >= 0.3 is 0 Å². The SMILES string of the molecule is O=C1CC(N(Cc2ccccc2)C(=O)Cc2ccccc2)C(=O)N1c1ccc(Cl)cc1. The van der Waals surface area contributed by atoms with Gasteiger partial charge in [0.05, 0.1) is 18.5 Å². The number of imide groups is 1. The lowest BCUT2D eigenvalue weighted by atomic mass is 10.1. The van der Waals surface area contributed by atoms with Gasteiger partial charge < -0.3 is 4.90 Å². The Bertz CT molecular complexity index is 1080. The number of carbonyl (C=O) groups is 3. The van der Waals surface area contributed by atoms with Gasteiger partial charge in [-0.15, -0.1) is 0 Å². The Kier molecular flexibility index (Phi) is 6.14. The molecule has 156 valence electrons. The molecule has 0 N–H and O–H groups in total. The Balaban J connectivity index is 1.62. The first-order valence-corrected chi connectivity index (χ1v) is 10.4. The Morgan fingerprint density at radius 3 is 2.06 bits per heavy atom. The zero-order valence-corrected chi connectivity index (χ0v) is 17.5. The third-order valence-electron chi connectivity index (χ3n) is 5.30. The van der Waals surface area contributed by atoms with E-state index >= 15 is 0 Å². The third kappa shape index (κ3) is 4.67. The molecule has 1 aliphatic rings. The Hall–Kier alpha value is -3.44. The van der Waals surface area contributed by atoms with Crippen molar-refractivity contribution >= 4 is 35.0 Å². The standard InChI is InChI=1S/C25H21ClN2O3/c26-20-11-13-21(14-12-20)28-24(30)16-22(25(28)31)27(17-19-9-5-2-6-10-19)23(29)15-18-7-3-1-4-8-18/h1-14,22H,15-17H2. The molecule has 0 aliphatic carbocycles. The average molecular weight is 433 g/mol. The van der Waals surface area contributed by atoms with Gasteiger partial charge in [-0.25, -0.2) is 4.90 Å². The second-order valence-electron chi connectivity index (χ2n) is 7.43. The van der Waals surface area contributed by atoms with Crippen LogP contribution in [0.2, 0.25) is 5.02 Å². The fourth-order valence-corrected chi connectivity index (χ4v) is 3.87. The summed E-state index contributed by atoms with van der Waals surface area (Å²) in [6.07, 6.45) is 0.113. The van der Waals surface area contributed by atoms with E-state index in [0.717, 1.165) is 16.0 Å². The van der Waals surface area contributed by atoms with Gasteiger partial charge in [-0.3, -0.25) is 14.4 Å². The predicted molar refractivity (Wildman–Crippen MR) is 119 cm³/mol. The maximum atomic E-state index is 13.3. The summed E-state index contributed by atoms with van der Waals surface area (Å²) >= 11 is 5.94. The van der Waals surface area contributed by atoms with Crippen LogP contribution < -0.4 is 4.90 Å². The van der Waals surface area contributed by atoms with Crippen LogP contribution in [-0.4, -0.2) is 28.7 Å². The van der Waals surface area contributed by atoms with E-state index in [9.17, 15) is 14.4 Å². The molecule has 3 aromatic carbocycles. The Morgan fingerprint density at radius 1 is 0.871 bits per heavy atom. The van der Waals surface area contributed by atoms with Crippen LogP contribution in [0.5, 0.6) is 0 Å². The number of rotatable bonds is 6. The van der Waals surface area contributed by atoms with Crippen molar-refractivity contribution in [3.63, 3.8) is 0 Å². The number of hydrogen-bond acceptors (Lipinski definition) is 3. The van der Waals surface area contributed by atoms with Gasteiger partial charge in [0.1, 0.15) is 6.04 Å². The maximum absolute atomic E-state index is 13.3. The number of amides is 3. The van der Waals surface area contributed by atoms with Crippen LogP contribution in [0.3, 0.4) is 0 Å². The summed E-state index contributed by atoms with van der Waals surface area (Å²) in [7, 11) is 0. The van der Waals surface area contributed by atoms with Crippen LogP contribution >= 0.6 is 11.6 Å².